The smallest absolute Gasteiger partial charge is 0.328 e. The zero-order valence-electron chi connectivity index (χ0n) is 11.3. The summed E-state index contributed by atoms with van der Waals surface area (Å²) in [6, 6.07) is 7.17. The topological polar surface area (TPSA) is 64.1 Å². The van der Waals surface area contributed by atoms with Crippen LogP contribution in [0.25, 0.3) is 11.0 Å². The number of esters is 1. The third kappa shape index (κ3) is 2.99. The third-order valence-corrected chi connectivity index (χ3v) is 2.87. The number of hydrogen-bond donors (Lipinski definition) is 1. The van der Waals surface area contributed by atoms with Crippen LogP contribution in [0.3, 0.4) is 0 Å². The fourth-order valence-electron chi connectivity index (χ4n) is 1.81. The Morgan fingerprint density at radius 3 is 2.58 bits per heavy atom. The highest BCUT2D eigenvalue weighted by molar-refractivity contribution is 5.80. The Morgan fingerprint density at radius 2 is 1.95 bits per heavy atom. The fourth-order valence-corrected chi connectivity index (χ4v) is 1.81. The lowest BCUT2D eigenvalue weighted by atomic mass is 10.1. The number of hydrogen-bond acceptors (Lipinski definition) is 5. The Morgan fingerprint density at radius 1 is 1.26 bits per heavy atom. The van der Waals surface area contributed by atoms with Crippen molar-refractivity contribution in [3.63, 3.8) is 0 Å². The highest BCUT2D eigenvalue weighted by Gasteiger charge is 2.23. The van der Waals surface area contributed by atoms with Crippen LogP contribution in [0, 0.1) is 5.92 Å². The van der Waals surface area contributed by atoms with Crippen molar-refractivity contribution in [1.29, 1.82) is 0 Å². The van der Waals surface area contributed by atoms with Crippen molar-refractivity contribution in [2.45, 2.75) is 19.9 Å². The van der Waals surface area contributed by atoms with Gasteiger partial charge in [-0.05, 0) is 18.1 Å². The maximum Gasteiger partial charge on any atom is 0.328 e. The van der Waals surface area contributed by atoms with Gasteiger partial charge in [0.1, 0.15) is 11.9 Å². The minimum absolute atomic E-state index is 0.0979. The number of carbonyl (C=O) groups is 1. The van der Waals surface area contributed by atoms with Gasteiger partial charge < -0.3 is 10.1 Å². The fraction of sp³-hybridized carbons (Fsp3) is 0.357. The number of benzene rings is 1. The molecule has 1 atom stereocenters. The van der Waals surface area contributed by atoms with E-state index in [0.717, 1.165) is 11.0 Å². The summed E-state index contributed by atoms with van der Waals surface area (Å²) in [5, 5.41) is 3.07. The van der Waals surface area contributed by atoms with E-state index in [1.165, 1.54) is 7.11 Å². The lowest BCUT2D eigenvalue weighted by Gasteiger charge is -2.20. The Bertz CT molecular complexity index is 584. The van der Waals surface area contributed by atoms with Crippen LogP contribution in [0.5, 0.6) is 0 Å². The zero-order chi connectivity index (χ0) is 13.8. The van der Waals surface area contributed by atoms with Gasteiger partial charge in [0, 0.05) is 0 Å². The first-order chi connectivity index (χ1) is 9.11. The summed E-state index contributed by atoms with van der Waals surface area (Å²) in [5.74, 6) is 0.369. The van der Waals surface area contributed by atoms with Crippen LogP contribution in [-0.2, 0) is 9.53 Å². The quantitative estimate of drug-likeness (QED) is 0.853. The van der Waals surface area contributed by atoms with E-state index in [0.29, 0.717) is 5.82 Å². The van der Waals surface area contributed by atoms with Crippen LogP contribution in [-0.4, -0.2) is 29.1 Å². The molecular weight excluding hydrogens is 242 g/mol. The van der Waals surface area contributed by atoms with Gasteiger partial charge in [0.05, 0.1) is 24.3 Å². The molecule has 5 nitrogen and oxygen atoms in total. The van der Waals surface area contributed by atoms with Crippen molar-refractivity contribution in [2.75, 3.05) is 12.4 Å². The first-order valence-electron chi connectivity index (χ1n) is 6.18. The van der Waals surface area contributed by atoms with Crippen molar-refractivity contribution in [2.24, 2.45) is 5.92 Å². The first-order valence-corrected chi connectivity index (χ1v) is 6.18. The average molecular weight is 259 g/mol. The molecule has 5 heteroatoms. The summed E-state index contributed by atoms with van der Waals surface area (Å²) >= 11 is 0. The molecular formula is C14H17N3O2. The molecule has 0 aliphatic rings. The van der Waals surface area contributed by atoms with Gasteiger partial charge in [-0.3, -0.25) is 4.98 Å². The molecule has 0 radical (unpaired) electrons. The minimum atomic E-state index is -0.430. The van der Waals surface area contributed by atoms with E-state index in [2.05, 4.69) is 15.3 Å². The SMILES string of the molecule is COC(=O)C(Nc1cnc2ccccc2n1)C(C)C. The Kier molecular flexibility index (Phi) is 3.94. The Hall–Kier alpha value is -2.17. The van der Waals surface area contributed by atoms with Crippen molar-refractivity contribution < 1.29 is 9.53 Å². The van der Waals surface area contributed by atoms with E-state index in [1.807, 2.05) is 38.1 Å². The lowest BCUT2D eigenvalue weighted by molar-refractivity contribution is -0.142. The van der Waals surface area contributed by atoms with Crippen LogP contribution in [0.4, 0.5) is 5.82 Å². The van der Waals surface area contributed by atoms with E-state index in [1.54, 1.807) is 6.20 Å². The number of ether oxygens (including phenoxy) is 1. The van der Waals surface area contributed by atoms with Crippen molar-refractivity contribution in [3.8, 4) is 0 Å². The van der Waals surface area contributed by atoms with Crippen molar-refractivity contribution in [1.82, 2.24) is 9.97 Å². The number of para-hydroxylation sites is 2. The molecule has 0 saturated carbocycles. The number of carbonyl (C=O) groups excluding carboxylic acids is 1. The van der Waals surface area contributed by atoms with Gasteiger partial charge in [0.15, 0.2) is 0 Å². The molecule has 2 rings (SSSR count). The van der Waals surface area contributed by atoms with Crippen molar-refractivity contribution in [3.05, 3.63) is 30.5 Å². The highest BCUT2D eigenvalue weighted by Crippen LogP contribution is 2.15. The van der Waals surface area contributed by atoms with Crippen LogP contribution in [0.1, 0.15) is 13.8 Å². The molecule has 0 fully saturated rings. The van der Waals surface area contributed by atoms with E-state index >= 15 is 0 Å². The molecule has 0 spiro atoms. The predicted molar refractivity (Wildman–Crippen MR) is 73.8 cm³/mol. The molecule has 19 heavy (non-hydrogen) atoms. The summed E-state index contributed by atoms with van der Waals surface area (Å²) in [6.45, 7) is 3.89. The number of aromatic nitrogens is 2. The molecule has 0 amide bonds. The van der Waals surface area contributed by atoms with Crippen LogP contribution < -0.4 is 5.32 Å². The monoisotopic (exact) mass is 259 g/mol. The second-order valence-electron chi connectivity index (χ2n) is 4.63. The van der Waals surface area contributed by atoms with Crippen LogP contribution >= 0.6 is 0 Å². The molecule has 0 saturated heterocycles. The summed E-state index contributed by atoms with van der Waals surface area (Å²) in [6.07, 6.45) is 1.63. The first kappa shape index (κ1) is 13.3. The molecule has 100 valence electrons. The maximum atomic E-state index is 11.7. The molecule has 1 aromatic carbocycles. The van der Waals surface area contributed by atoms with Gasteiger partial charge in [-0.1, -0.05) is 26.0 Å². The van der Waals surface area contributed by atoms with Crippen molar-refractivity contribution >= 4 is 22.8 Å². The second kappa shape index (κ2) is 5.65. The summed E-state index contributed by atoms with van der Waals surface area (Å²) in [7, 11) is 1.38. The van der Waals surface area contributed by atoms with E-state index < -0.39 is 6.04 Å². The largest absolute Gasteiger partial charge is 0.467 e. The number of fused-ring (bicyclic) bond motifs is 1. The Labute approximate surface area is 112 Å². The van der Waals surface area contributed by atoms with E-state index in [9.17, 15) is 4.79 Å². The predicted octanol–water partition coefficient (Wildman–Crippen LogP) is 2.24. The van der Waals surface area contributed by atoms with Gasteiger partial charge in [-0.15, -0.1) is 0 Å². The molecule has 1 unspecified atom stereocenters. The second-order valence-corrected chi connectivity index (χ2v) is 4.63. The molecule has 0 aliphatic carbocycles. The number of nitrogens with zero attached hydrogens (tertiary/aromatic N) is 2. The molecule has 0 aliphatic heterocycles. The lowest BCUT2D eigenvalue weighted by Crippen LogP contribution is -2.35. The standard InChI is InChI=1S/C14H17N3O2/c1-9(2)13(14(18)19-3)17-12-8-15-10-6-4-5-7-11(10)16-12/h4-9,13H,1-3H3,(H,16,17). The maximum absolute atomic E-state index is 11.7. The average Bonchev–Trinajstić information content (AvgIpc) is 2.43. The van der Waals surface area contributed by atoms with Gasteiger partial charge >= 0.3 is 5.97 Å². The number of nitrogens with one attached hydrogen (secondary N) is 1. The molecule has 1 N–H and O–H groups in total. The number of methoxy groups -OCH3 is 1. The summed E-state index contributed by atoms with van der Waals surface area (Å²) < 4.78 is 4.78. The van der Waals surface area contributed by atoms with Crippen LogP contribution in [0.2, 0.25) is 0 Å². The van der Waals surface area contributed by atoms with Gasteiger partial charge in [-0.25, -0.2) is 9.78 Å². The zero-order valence-corrected chi connectivity index (χ0v) is 11.3. The molecule has 1 aromatic heterocycles. The summed E-state index contributed by atoms with van der Waals surface area (Å²) in [4.78, 5) is 20.4. The van der Waals surface area contributed by atoms with Gasteiger partial charge in [0.25, 0.3) is 0 Å². The van der Waals surface area contributed by atoms with Gasteiger partial charge in [0.2, 0.25) is 0 Å². The third-order valence-electron chi connectivity index (χ3n) is 2.87. The Balaban J connectivity index is 2.26. The van der Waals surface area contributed by atoms with Gasteiger partial charge in [-0.2, -0.15) is 0 Å². The number of anilines is 1. The highest BCUT2D eigenvalue weighted by atomic mass is 16.5. The minimum Gasteiger partial charge on any atom is -0.467 e. The van der Waals surface area contributed by atoms with Crippen LogP contribution in [0.15, 0.2) is 30.5 Å². The van der Waals surface area contributed by atoms with E-state index in [4.69, 9.17) is 4.74 Å². The molecule has 1 heterocycles. The van der Waals surface area contributed by atoms with E-state index in [-0.39, 0.29) is 11.9 Å². The summed E-state index contributed by atoms with van der Waals surface area (Å²) in [5.41, 5.74) is 1.62. The molecule has 0 bridgehead atoms. The molecule has 2 aromatic rings. The normalized spacial score (nSPS) is 12.4. The number of rotatable bonds is 4.